The van der Waals surface area contributed by atoms with Crippen LogP contribution in [0.2, 0.25) is 0 Å². The highest BCUT2D eigenvalue weighted by atomic mass is 16.5. The smallest absolute Gasteiger partial charge is 0.331 e. The lowest BCUT2D eigenvalue weighted by atomic mass is 10.1. The van der Waals surface area contributed by atoms with Crippen LogP contribution in [0.5, 0.6) is 0 Å². The van der Waals surface area contributed by atoms with Crippen molar-refractivity contribution in [1.82, 2.24) is 20.4 Å². The SMILES string of the molecule is CCN(CC)C(=O)N[C@H](COC(=O)/C=C/C(=O)OC[C@@H](NC(=O)N(CC)CC)c1ccccc1)c1ccccc1. The van der Waals surface area contributed by atoms with Crippen LogP contribution in [0.3, 0.4) is 0 Å². The molecule has 2 atom stereocenters. The maximum absolute atomic E-state index is 12.6. The molecule has 0 aromatic heterocycles. The van der Waals surface area contributed by atoms with Gasteiger partial charge in [0.2, 0.25) is 0 Å². The van der Waals surface area contributed by atoms with Crippen molar-refractivity contribution in [2.75, 3.05) is 39.4 Å². The molecule has 216 valence electrons. The molecule has 0 fully saturated rings. The van der Waals surface area contributed by atoms with Gasteiger partial charge in [0.25, 0.3) is 0 Å². The van der Waals surface area contributed by atoms with Crippen molar-refractivity contribution in [1.29, 1.82) is 0 Å². The van der Waals surface area contributed by atoms with Crippen LogP contribution in [0.4, 0.5) is 9.59 Å². The van der Waals surface area contributed by atoms with Crippen molar-refractivity contribution in [2.24, 2.45) is 0 Å². The maximum atomic E-state index is 12.6. The third-order valence-corrected chi connectivity index (χ3v) is 6.24. The Morgan fingerprint density at radius 2 is 0.950 bits per heavy atom. The van der Waals surface area contributed by atoms with E-state index in [9.17, 15) is 19.2 Å². The number of amides is 4. The summed E-state index contributed by atoms with van der Waals surface area (Å²) in [5.41, 5.74) is 1.55. The highest BCUT2D eigenvalue weighted by Crippen LogP contribution is 2.15. The lowest BCUT2D eigenvalue weighted by Gasteiger charge is -2.25. The predicted molar refractivity (Wildman–Crippen MR) is 152 cm³/mol. The molecule has 2 rings (SSSR count). The van der Waals surface area contributed by atoms with Crippen molar-refractivity contribution >= 4 is 24.0 Å². The van der Waals surface area contributed by atoms with E-state index < -0.39 is 24.0 Å². The summed E-state index contributed by atoms with van der Waals surface area (Å²) in [5.74, 6) is -1.52. The van der Waals surface area contributed by atoms with Crippen molar-refractivity contribution in [3.63, 3.8) is 0 Å². The highest BCUT2D eigenvalue weighted by Gasteiger charge is 2.20. The third-order valence-electron chi connectivity index (χ3n) is 6.24. The van der Waals surface area contributed by atoms with E-state index in [1.54, 1.807) is 9.80 Å². The number of nitrogens with zero attached hydrogens (tertiary/aromatic N) is 2. The molecule has 0 bridgehead atoms. The summed E-state index contributed by atoms with van der Waals surface area (Å²) in [6.45, 7) is 9.44. The molecule has 0 aliphatic carbocycles. The summed E-state index contributed by atoms with van der Waals surface area (Å²) >= 11 is 0. The monoisotopic (exact) mass is 552 g/mol. The number of nitrogens with one attached hydrogen (secondary N) is 2. The van der Waals surface area contributed by atoms with Gasteiger partial charge in [-0.3, -0.25) is 0 Å². The standard InChI is InChI=1S/C30H40N4O6/c1-5-33(6-2)29(37)31-25(23-15-11-9-12-16-23)21-39-27(35)19-20-28(36)40-22-26(24-17-13-10-14-18-24)32-30(38)34(7-3)8-4/h9-20,25-26H,5-8,21-22H2,1-4H3,(H,31,37)(H,32,38)/b20-19+/t25-,26-/m1/s1. The fourth-order valence-corrected chi connectivity index (χ4v) is 3.88. The molecule has 0 spiro atoms. The minimum atomic E-state index is -0.760. The molecule has 0 aliphatic rings. The van der Waals surface area contributed by atoms with Gasteiger partial charge in [0.05, 0.1) is 12.1 Å². The molecule has 0 unspecified atom stereocenters. The van der Waals surface area contributed by atoms with Crippen LogP contribution < -0.4 is 10.6 Å². The van der Waals surface area contributed by atoms with Gasteiger partial charge in [0, 0.05) is 38.3 Å². The van der Waals surface area contributed by atoms with E-state index in [0.29, 0.717) is 26.2 Å². The van der Waals surface area contributed by atoms with E-state index in [0.717, 1.165) is 23.3 Å². The van der Waals surface area contributed by atoms with Crippen LogP contribution >= 0.6 is 0 Å². The summed E-state index contributed by atoms with van der Waals surface area (Å²) in [4.78, 5) is 53.1. The zero-order chi connectivity index (χ0) is 29.3. The number of hydrogen-bond acceptors (Lipinski definition) is 6. The number of rotatable bonds is 14. The Morgan fingerprint density at radius 3 is 1.25 bits per heavy atom. The predicted octanol–water partition coefficient (Wildman–Crippen LogP) is 4.21. The number of carbonyl (C=O) groups is 4. The second-order valence-corrected chi connectivity index (χ2v) is 8.76. The first kappa shape index (κ1) is 31.9. The van der Waals surface area contributed by atoms with E-state index in [1.807, 2.05) is 88.4 Å². The van der Waals surface area contributed by atoms with Gasteiger partial charge in [-0.1, -0.05) is 60.7 Å². The molecule has 2 aromatic rings. The number of esters is 2. The molecule has 0 aliphatic heterocycles. The Kier molecular flexibility index (Phi) is 13.8. The van der Waals surface area contributed by atoms with Gasteiger partial charge >= 0.3 is 24.0 Å². The fourth-order valence-electron chi connectivity index (χ4n) is 3.88. The number of urea groups is 2. The van der Waals surface area contributed by atoms with Gasteiger partial charge in [0.1, 0.15) is 13.2 Å². The minimum Gasteiger partial charge on any atom is -0.460 e. The average Bonchev–Trinajstić information content (AvgIpc) is 2.98. The second kappa shape index (κ2) is 17.3. The molecular formula is C30H40N4O6. The Morgan fingerprint density at radius 1 is 0.625 bits per heavy atom. The Hall–Kier alpha value is -4.34. The average molecular weight is 553 g/mol. The van der Waals surface area contributed by atoms with Crippen LogP contribution in [0.15, 0.2) is 72.8 Å². The molecule has 40 heavy (non-hydrogen) atoms. The first-order valence-corrected chi connectivity index (χ1v) is 13.5. The Balaban J connectivity index is 1.97. The maximum Gasteiger partial charge on any atom is 0.331 e. The summed E-state index contributed by atoms with van der Waals surface area (Å²) in [5, 5.41) is 5.78. The zero-order valence-corrected chi connectivity index (χ0v) is 23.7. The lowest BCUT2D eigenvalue weighted by molar-refractivity contribution is -0.141. The van der Waals surface area contributed by atoms with Gasteiger partial charge in [-0.05, 0) is 38.8 Å². The van der Waals surface area contributed by atoms with Crippen molar-refractivity contribution in [3.05, 3.63) is 83.9 Å². The van der Waals surface area contributed by atoms with Crippen LogP contribution in [0, 0.1) is 0 Å². The van der Waals surface area contributed by atoms with Gasteiger partial charge in [-0.2, -0.15) is 0 Å². The summed E-state index contributed by atoms with van der Waals surface area (Å²) in [6.07, 6.45) is 1.95. The second-order valence-electron chi connectivity index (χ2n) is 8.76. The van der Waals surface area contributed by atoms with Crippen molar-refractivity contribution in [3.8, 4) is 0 Å². The van der Waals surface area contributed by atoms with E-state index in [2.05, 4.69) is 10.6 Å². The number of hydrogen-bond donors (Lipinski definition) is 2. The van der Waals surface area contributed by atoms with E-state index in [-0.39, 0.29) is 25.3 Å². The molecular weight excluding hydrogens is 512 g/mol. The largest absolute Gasteiger partial charge is 0.460 e. The van der Waals surface area contributed by atoms with Gasteiger partial charge in [-0.25, -0.2) is 19.2 Å². The topological polar surface area (TPSA) is 117 Å². The zero-order valence-electron chi connectivity index (χ0n) is 23.7. The first-order chi connectivity index (χ1) is 19.3. The molecule has 2 aromatic carbocycles. The van der Waals surface area contributed by atoms with Crippen molar-refractivity contribution < 1.29 is 28.7 Å². The number of benzene rings is 2. The van der Waals surface area contributed by atoms with Gasteiger partial charge in [-0.15, -0.1) is 0 Å². The summed E-state index contributed by atoms with van der Waals surface area (Å²) in [7, 11) is 0. The molecule has 0 heterocycles. The molecule has 0 saturated carbocycles. The van der Waals surface area contributed by atoms with Crippen LogP contribution in [-0.2, 0) is 19.1 Å². The molecule has 2 N–H and O–H groups in total. The molecule has 4 amide bonds. The normalized spacial score (nSPS) is 12.2. The molecule has 10 heteroatoms. The summed E-state index contributed by atoms with van der Waals surface area (Å²) < 4.78 is 10.7. The van der Waals surface area contributed by atoms with E-state index in [1.165, 1.54) is 0 Å². The summed E-state index contributed by atoms with van der Waals surface area (Å²) in [6, 6.07) is 16.7. The molecule has 0 radical (unpaired) electrons. The minimum absolute atomic E-state index is 0.122. The third kappa shape index (κ3) is 10.4. The number of carbonyl (C=O) groups excluding carboxylic acids is 4. The lowest BCUT2D eigenvalue weighted by Crippen LogP contribution is -2.42. The number of ether oxygens (including phenoxy) is 2. The van der Waals surface area contributed by atoms with Gasteiger partial charge in [0.15, 0.2) is 0 Å². The Bertz CT molecular complexity index is 1010. The highest BCUT2D eigenvalue weighted by molar-refractivity contribution is 5.91. The van der Waals surface area contributed by atoms with E-state index in [4.69, 9.17) is 9.47 Å². The van der Waals surface area contributed by atoms with Crippen LogP contribution in [0.1, 0.15) is 50.9 Å². The van der Waals surface area contributed by atoms with E-state index >= 15 is 0 Å². The van der Waals surface area contributed by atoms with Crippen LogP contribution in [-0.4, -0.2) is 73.2 Å². The van der Waals surface area contributed by atoms with Crippen LogP contribution in [0.25, 0.3) is 0 Å². The molecule has 0 saturated heterocycles. The Labute approximate surface area is 236 Å². The fraction of sp³-hybridized carbons (Fsp3) is 0.400. The van der Waals surface area contributed by atoms with Gasteiger partial charge < -0.3 is 29.9 Å². The van der Waals surface area contributed by atoms with Crippen molar-refractivity contribution in [2.45, 2.75) is 39.8 Å². The first-order valence-electron chi connectivity index (χ1n) is 13.5. The molecule has 10 nitrogen and oxygen atoms in total. The quantitative estimate of drug-likeness (QED) is 0.268.